The average molecular weight is 383 g/mol. The summed E-state index contributed by atoms with van der Waals surface area (Å²) in [6.45, 7) is 1.39. The molecule has 4 rings (SSSR count). The summed E-state index contributed by atoms with van der Waals surface area (Å²) in [6, 6.07) is 9.94. The molecule has 0 heterocycles. The molecule has 6 nitrogen and oxygen atoms in total. The van der Waals surface area contributed by atoms with Crippen LogP contribution in [-0.4, -0.2) is 33.2 Å². The van der Waals surface area contributed by atoms with Crippen LogP contribution in [0.2, 0.25) is 0 Å². The third kappa shape index (κ3) is 2.22. The summed E-state index contributed by atoms with van der Waals surface area (Å²) in [5.41, 5.74) is -3.21. The minimum atomic E-state index is -2.02. The summed E-state index contributed by atoms with van der Waals surface area (Å²) in [5.74, 6) is -2.97. The number of carbonyl (C=O) groups is 2. The summed E-state index contributed by atoms with van der Waals surface area (Å²) < 4.78 is 13.5. The SMILES string of the molecule is C[C@@]1(O)CC[C@H]([N+](=O)[O-])[C@@H](c2ccc(F)cc2)C12C(=O)c1ccccc1C2=O. The van der Waals surface area contributed by atoms with Crippen molar-refractivity contribution in [2.75, 3.05) is 0 Å². The van der Waals surface area contributed by atoms with Gasteiger partial charge in [0.05, 0.1) is 11.5 Å². The third-order valence-electron chi connectivity index (χ3n) is 6.26. The fraction of sp³-hybridized carbons (Fsp3) is 0.333. The summed E-state index contributed by atoms with van der Waals surface area (Å²) in [6.07, 6.45) is -0.0670. The van der Waals surface area contributed by atoms with Gasteiger partial charge in [-0.3, -0.25) is 19.7 Å². The number of benzene rings is 2. The molecule has 144 valence electrons. The highest BCUT2D eigenvalue weighted by molar-refractivity contribution is 6.31. The summed E-state index contributed by atoms with van der Waals surface area (Å²) in [5, 5.41) is 23.2. The van der Waals surface area contributed by atoms with E-state index >= 15 is 0 Å². The van der Waals surface area contributed by atoms with Crippen molar-refractivity contribution in [3.05, 3.63) is 81.2 Å². The van der Waals surface area contributed by atoms with Crippen molar-refractivity contribution < 1.29 is 24.0 Å². The van der Waals surface area contributed by atoms with Crippen molar-refractivity contribution in [3.63, 3.8) is 0 Å². The molecule has 0 radical (unpaired) electrons. The van der Waals surface area contributed by atoms with Gasteiger partial charge in [0.25, 0.3) is 0 Å². The first-order chi connectivity index (χ1) is 13.2. The zero-order valence-corrected chi connectivity index (χ0v) is 15.1. The van der Waals surface area contributed by atoms with E-state index in [4.69, 9.17) is 0 Å². The van der Waals surface area contributed by atoms with Crippen LogP contribution in [0.1, 0.15) is 52.0 Å². The van der Waals surface area contributed by atoms with Gasteiger partial charge in [0.1, 0.15) is 11.2 Å². The number of ketones is 2. The standard InChI is InChI=1S/C21H18FNO5/c1-20(26)11-10-16(23(27)28)17(12-6-8-13(22)9-7-12)21(20)18(24)14-4-2-3-5-15(14)19(21)25/h2-9,16-17,26H,10-11H2,1H3/t16-,17+,20+/m0/s1. The maximum Gasteiger partial charge on any atom is 0.221 e. The molecule has 1 fully saturated rings. The van der Waals surface area contributed by atoms with Gasteiger partial charge in [0, 0.05) is 22.5 Å². The van der Waals surface area contributed by atoms with E-state index in [0.717, 1.165) is 12.1 Å². The minimum Gasteiger partial charge on any atom is -0.389 e. The van der Waals surface area contributed by atoms with Crippen molar-refractivity contribution in [1.29, 1.82) is 0 Å². The van der Waals surface area contributed by atoms with E-state index in [9.17, 15) is 29.2 Å². The lowest BCUT2D eigenvalue weighted by Crippen LogP contribution is -2.63. The molecule has 0 unspecified atom stereocenters. The molecular formula is C21H18FNO5. The monoisotopic (exact) mass is 383 g/mol. The minimum absolute atomic E-state index is 0.000693. The second-order valence-electron chi connectivity index (χ2n) is 7.71. The Kier molecular flexibility index (Phi) is 3.97. The van der Waals surface area contributed by atoms with E-state index in [2.05, 4.69) is 0 Å². The smallest absolute Gasteiger partial charge is 0.221 e. The van der Waals surface area contributed by atoms with Crippen LogP contribution in [0, 0.1) is 21.3 Å². The van der Waals surface area contributed by atoms with Crippen molar-refractivity contribution >= 4 is 11.6 Å². The Balaban J connectivity index is 2.03. The van der Waals surface area contributed by atoms with Crippen LogP contribution < -0.4 is 0 Å². The summed E-state index contributed by atoms with van der Waals surface area (Å²) in [7, 11) is 0. The number of halogens is 1. The Labute approximate surface area is 160 Å². The predicted molar refractivity (Wildman–Crippen MR) is 97.3 cm³/mol. The first-order valence-electron chi connectivity index (χ1n) is 9.02. The molecule has 0 saturated heterocycles. The van der Waals surface area contributed by atoms with Gasteiger partial charge in [0.15, 0.2) is 11.6 Å². The molecule has 1 N–H and O–H groups in total. The second-order valence-corrected chi connectivity index (χ2v) is 7.71. The molecule has 2 aromatic carbocycles. The molecule has 2 aliphatic rings. The number of hydrogen-bond donors (Lipinski definition) is 1. The maximum absolute atomic E-state index is 13.5. The molecule has 1 spiro atoms. The fourth-order valence-corrected chi connectivity index (χ4v) is 4.96. The highest BCUT2D eigenvalue weighted by Crippen LogP contribution is 2.59. The number of nitrogens with zero attached hydrogens (tertiary/aromatic N) is 1. The molecule has 0 amide bonds. The topological polar surface area (TPSA) is 97.5 Å². The number of aliphatic hydroxyl groups is 1. The molecule has 1 saturated carbocycles. The molecule has 0 aromatic heterocycles. The fourth-order valence-electron chi connectivity index (χ4n) is 4.96. The predicted octanol–water partition coefficient (Wildman–Crippen LogP) is 3.17. The first kappa shape index (κ1) is 18.4. The van der Waals surface area contributed by atoms with Gasteiger partial charge in [-0.2, -0.15) is 0 Å². The van der Waals surface area contributed by atoms with Gasteiger partial charge in [-0.25, -0.2) is 4.39 Å². The van der Waals surface area contributed by atoms with E-state index in [1.165, 1.54) is 31.2 Å². The molecule has 2 aliphatic carbocycles. The average Bonchev–Trinajstić information content (AvgIpc) is 2.88. The Morgan fingerprint density at radius 3 is 2.11 bits per heavy atom. The lowest BCUT2D eigenvalue weighted by atomic mass is 9.52. The second kappa shape index (κ2) is 6.04. The molecule has 0 bridgehead atoms. The van der Waals surface area contributed by atoms with Crippen molar-refractivity contribution in [1.82, 2.24) is 0 Å². The number of rotatable bonds is 2. The number of nitro groups is 1. The zero-order chi connectivity index (χ0) is 20.3. The summed E-state index contributed by atoms with van der Waals surface area (Å²) in [4.78, 5) is 38.4. The van der Waals surface area contributed by atoms with Crippen molar-refractivity contribution in [2.45, 2.75) is 37.3 Å². The van der Waals surface area contributed by atoms with Gasteiger partial charge in [-0.1, -0.05) is 36.4 Å². The molecule has 2 aromatic rings. The molecular weight excluding hydrogens is 365 g/mol. The highest BCUT2D eigenvalue weighted by Gasteiger charge is 2.72. The normalized spacial score (nSPS) is 28.4. The largest absolute Gasteiger partial charge is 0.389 e. The van der Waals surface area contributed by atoms with Crippen molar-refractivity contribution in [3.8, 4) is 0 Å². The van der Waals surface area contributed by atoms with Crippen LogP contribution in [0.4, 0.5) is 4.39 Å². The van der Waals surface area contributed by atoms with Crippen LogP contribution in [-0.2, 0) is 0 Å². The third-order valence-corrected chi connectivity index (χ3v) is 6.26. The lowest BCUT2D eigenvalue weighted by Gasteiger charge is -2.49. The summed E-state index contributed by atoms with van der Waals surface area (Å²) >= 11 is 0. The van der Waals surface area contributed by atoms with E-state index in [1.54, 1.807) is 12.1 Å². The van der Waals surface area contributed by atoms with Gasteiger partial charge in [-0.15, -0.1) is 0 Å². The number of Topliss-reactive ketones (excluding diaryl/α,β-unsaturated/α-hetero) is 2. The first-order valence-corrected chi connectivity index (χ1v) is 9.02. The number of hydrogen-bond acceptors (Lipinski definition) is 5. The molecule has 28 heavy (non-hydrogen) atoms. The van der Waals surface area contributed by atoms with Crippen LogP contribution in [0.15, 0.2) is 48.5 Å². The van der Waals surface area contributed by atoms with Crippen LogP contribution in [0.25, 0.3) is 0 Å². The molecule has 7 heteroatoms. The Hall–Kier alpha value is -2.93. The van der Waals surface area contributed by atoms with Gasteiger partial charge >= 0.3 is 0 Å². The van der Waals surface area contributed by atoms with E-state index < -0.39 is 45.3 Å². The number of fused-ring (bicyclic) bond motifs is 1. The Morgan fingerprint density at radius 2 is 1.61 bits per heavy atom. The zero-order valence-electron chi connectivity index (χ0n) is 15.1. The molecule has 3 atom stereocenters. The quantitative estimate of drug-likeness (QED) is 0.488. The van der Waals surface area contributed by atoms with Crippen LogP contribution >= 0.6 is 0 Å². The number of carbonyl (C=O) groups excluding carboxylic acids is 2. The van der Waals surface area contributed by atoms with Gasteiger partial charge < -0.3 is 5.11 Å². The van der Waals surface area contributed by atoms with Crippen LogP contribution in [0.3, 0.4) is 0 Å². The highest BCUT2D eigenvalue weighted by atomic mass is 19.1. The Morgan fingerprint density at radius 1 is 1.07 bits per heavy atom. The maximum atomic E-state index is 13.5. The van der Waals surface area contributed by atoms with Crippen molar-refractivity contribution in [2.24, 2.45) is 5.41 Å². The van der Waals surface area contributed by atoms with Gasteiger partial charge in [-0.05, 0) is 31.0 Å². The molecule has 0 aliphatic heterocycles. The van der Waals surface area contributed by atoms with E-state index in [-0.39, 0.29) is 29.5 Å². The van der Waals surface area contributed by atoms with Gasteiger partial charge in [0.2, 0.25) is 6.04 Å². The van der Waals surface area contributed by atoms with Crippen LogP contribution in [0.5, 0.6) is 0 Å². The van der Waals surface area contributed by atoms with E-state index in [1.807, 2.05) is 0 Å². The lowest BCUT2D eigenvalue weighted by molar-refractivity contribution is -0.535. The van der Waals surface area contributed by atoms with E-state index in [0.29, 0.717) is 0 Å². The Bertz CT molecular complexity index is 963.